The molecule has 2 rings (SSSR count). The lowest BCUT2D eigenvalue weighted by Gasteiger charge is -2.47. The van der Waals surface area contributed by atoms with Crippen LogP contribution >= 0.6 is 23.2 Å². The summed E-state index contributed by atoms with van der Waals surface area (Å²) in [5, 5.41) is 0. The van der Waals surface area contributed by atoms with E-state index in [0.29, 0.717) is 5.41 Å². The molecule has 1 saturated heterocycles. The molecule has 1 atom stereocenters. The maximum absolute atomic E-state index is 6.10. The maximum Gasteiger partial charge on any atom is 0.119 e. The van der Waals surface area contributed by atoms with Crippen LogP contribution in [0.3, 0.4) is 0 Å². The van der Waals surface area contributed by atoms with E-state index in [4.69, 9.17) is 23.2 Å². The van der Waals surface area contributed by atoms with Crippen molar-refractivity contribution in [1.82, 2.24) is 4.90 Å². The van der Waals surface area contributed by atoms with Crippen molar-refractivity contribution in [3.63, 3.8) is 0 Å². The highest BCUT2D eigenvalue weighted by atomic mass is 35.5. The highest BCUT2D eigenvalue weighted by Gasteiger charge is 2.57. The van der Waals surface area contributed by atoms with E-state index in [1.165, 1.54) is 13.0 Å². The lowest BCUT2D eigenvalue weighted by Crippen LogP contribution is -2.45. The molecular weight excluding hydrogens is 217 g/mol. The highest BCUT2D eigenvalue weighted by molar-refractivity contribution is 6.49. The molecule has 0 amide bonds. The second kappa shape index (κ2) is 3.26. The Morgan fingerprint density at radius 1 is 1.29 bits per heavy atom. The van der Waals surface area contributed by atoms with E-state index in [9.17, 15) is 0 Å². The van der Waals surface area contributed by atoms with Crippen LogP contribution in [0.5, 0.6) is 0 Å². The number of likely N-dealkylation sites (tertiary alicyclic amines) is 1. The lowest BCUT2D eigenvalue weighted by atomic mass is 9.66. The van der Waals surface area contributed by atoms with Crippen molar-refractivity contribution < 1.29 is 0 Å². The summed E-state index contributed by atoms with van der Waals surface area (Å²) in [5.41, 5.74) is 0.438. The standard InChI is InChI=1S/C11H19Cl2N/c1-8(2)9-4-10(7-14(9)3)5-11(12,13)6-10/h8-9H,4-7H2,1-3H3. The first-order valence-corrected chi connectivity index (χ1v) is 6.17. The zero-order chi connectivity index (χ0) is 10.6. The Morgan fingerprint density at radius 2 is 1.86 bits per heavy atom. The molecule has 0 aromatic carbocycles. The van der Waals surface area contributed by atoms with Crippen molar-refractivity contribution in [3.05, 3.63) is 0 Å². The minimum absolute atomic E-state index is 0.424. The first kappa shape index (κ1) is 11.0. The molecule has 14 heavy (non-hydrogen) atoms. The first-order valence-electron chi connectivity index (χ1n) is 5.42. The van der Waals surface area contributed by atoms with Crippen molar-refractivity contribution in [2.45, 2.75) is 43.5 Å². The average Bonchev–Trinajstić information content (AvgIpc) is 2.24. The molecule has 1 saturated carbocycles. The van der Waals surface area contributed by atoms with Crippen LogP contribution in [0.1, 0.15) is 33.1 Å². The molecule has 3 heteroatoms. The van der Waals surface area contributed by atoms with E-state index < -0.39 is 4.33 Å². The molecule has 0 N–H and O–H groups in total. The second-order valence-corrected chi connectivity index (χ2v) is 7.28. The normalized spacial score (nSPS) is 35.1. The number of rotatable bonds is 1. The van der Waals surface area contributed by atoms with E-state index in [-0.39, 0.29) is 0 Å². The van der Waals surface area contributed by atoms with Gasteiger partial charge in [-0.05, 0) is 37.6 Å². The van der Waals surface area contributed by atoms with E-state index in [1.807, 2.05) is 0 Å². The van der Waals surface area contributed by atoms with Crippen LogP contribution in [0.2, 0.25) is 0 Å². The molecule has 1 aliphatic carbocycles. The van der Waals surface area contributed by atoms with Crippen LogP contribution in [0.25, 0.3) is 0 Å². The molecule has 1 aliphatic heterocycles. The fourth-order valence-electron chi connectivity index (χ4n) is 3.36. The highest BCUT2D eigenvalue weighted by Crippen LogP contribution is 2.60. The van der Waals surface area contributed by atoms with E-state index in [0.717, 1.165) is 24.8 Å². The van der Waals surface area contributed by atoms with E-state index >= 15 is 0 Å². The average molecular weight is 236 g/mol. The maximum atomic E-state index is 6.10. The minimum Gasteiger partial charge on any atom is -0.303 e. The van der Waals surface area contributed by atoms with Gasteiger partial charge in [0.05, 0.1) is 0 Å². The van der Waals surface area contributed by atoms with Gasteiger partial charge in [0.15, 0.2) is 0 Å². The monoisotopic (exact) mass is 235 g/mol. The number of nitrogens with zero attached hydrogens (tertiary/aromatic N) is 1. The molecule has 1 spiro atoms. The Labute approximate surface area is 96.7 Å². The minimum atomic E-state index is -0.424. The van der Waals surface area contributed by atoms with Crippen molar-refractivity contribution in [1.29, 1.82) is 0 Å². The van der Waals surface area contributed by atoms with Gasteiger partial charge in [-0.15, -0.1) is 23.2 Å². The number of hydrogen-bond donors (Lipinski definition) is 0. The molecule has 1 nitrogen and oxygen atoms in total. The van der Waals surface area contributed by atoms with Crippen LogP contribution in [0, 0.1) is 11.3 Å². The molecule has 0 bridgehead atoms. The molecule has 82 valence electrons. The van der Waals surface area contributed by atoms with E-state index in [2.05, 4.69) is 25.8 Å². The molecule has 1 heterocycles. The van der Waals surface area contributed by atoms with Crippen LogP contribution in [-0.4, -0.2) is 28.9 Å². The largest absolute Gasteiger partial charge is 0.303 e. The summed E-state index contributed by atoms with van der Waals surface area (Å²) >= 11 is 12.2. The SMILES string of the molecule is CC(C)C1CC2(CN1C)CC(Cl)(Cl)C2. The Balaban J connectivity index is 2.01. The number of hydrogen-bond acceptors (Lipinski definition) is 1. The zero-order valence-electron chi connectivity index (χ0n) is 9.19. The summed E-state index contributed by atoms with van der Waals surface area (Å²) in [4.78, 5) is 2.48. The van der Waals surface area contributed by atoms with Crippen LogP contribution in [0.15, 0.2) is 0 Å². The van der Waals surface area contributed by atoms with Gasteiger partial charge in [-0.2, -0.15) is 0 Å². The summed E-state index contributed by atoms with van der Waals surface area (Å²) in [5.74, 6) is 0.736. The van der Waals surface area contributed by atoms with Crippen LogP contribution in [0.4, 0.5) is 0 Å². The Morgan fingerprint density at radius 3 is 2.21 bits per heavy atom. The Hall–Kier alpha value is 0.540. The number of halogens is 2. The summed E-state index contributed by atoms with van der Waals surface area (Å²) in [6.45, 7) is 5.78. The summed E-state index contributed by atoms with van der Waals surface area (Å²) in [6, 6.07) is 0.722. The second-order valence-electron chi connectivity index (χ2n) is 5.64. The Kier molecular flexibility index (Phi) is 2.57. The fraction of sp³-hybridized carbons (Fsp3) is 1.00. The molecule has 2 aliphatic rings. The number of alkyl halides is 2. The third kappa shape index (κ3) is 1.79. The first-order chi connectivity index (χ1) is 6.34. The van der Waals surface area contributed by atoms with Gasteiger partial charge in [-0.25, -0.2) is 0 Å². The van der Waals surface area contributed by atoms with Gasteiger partial charge in [0.1, 0.15) is 4.33 Å². The molecular formula is C11H19Cl2N. The Bertz CT molecular complexity index is 229. The molecule has 1 unspecified atom stereocenters. The molecule has 0 aromatic rings. The van der Waals surface area contributed by atoms with Gasteiger partial charge in [0.25, 0.3) is 0 Å². The molecule has 0 aromatic heterocycles. The summed E-state index contributed by atoms with van der Waals surface area (Å²) in [6.07, 6.45) is 3.25. The van der Waals surface area contributed by atoms with Crippen molar-refractivity contribution in [2.24, 2.45) is 11.3 Å². The van der Waals surface area contributed by atoms with Gasteiger partial charge < -0.3 is 4.90 Å². The lowest BCUT2D eigenvalue weighted by molar-refractivity contribution is 0.131. The predicted molar refractivity (Wildman–Crippen MR) is 62.0 cm³/mol. The molecule has 2 fully saturated rings. The van der Waals surface area contributed by atoms with Crippen molar-refractivity contribution in [3.8, 4) is 0 Å². The van der Waals surface area contributed by atoms with Gasteiger partial charge >= 0.3 is 0 Å². The fourth-order valence-corrected chi connectivity index (χ4v) is 4.49. The van der Waals surface area contributed by atoms with Crippen molar-refractivity contribution >= 4 is 23.2 Å². The quantitative estimate of drug-likeness (QED) is 0.631. The van der Waals surface area contributed by atoms with Gasteiger partial charge in [0, 0.05) is 12.6 Å². The molecule has 0 radical (unpaired) electrons. The van der Waals surface area contributed by atoms with Gasteiger partial charge in [0.2, 0.25) is 0 Å². The third-order valence-electron chi connectivity index (χ3n) is 3.83. The topological polar surface area (TPSA) is 3.24 Å². The summed E-state index contributed by atoms with van der Waals surface area (Å²) in [7, 11) is 2.22. The van der Waals surface area contributed by atoms with E-state index in [1.54, 1.807) is 0 Å². The smallest absolute Gasteiger partial charge is 0.119 e. The van der Waals surface area contributed by atoms with Crippen LogP contribution < -0.4 is 0 Å². The van der Waals surface area contributed by atoms with Gasteiger partial charge in [-0.1, -0.05) is 13.8 Å². The zero-order valence-corrected chi connectivity index (χ0v) is 10.7. The predicted octanol–water partition coefficient (Wildman–Crippen LogP) is 3.30. The summed E-state index contributed by atoms with van der Waals surface area (Å²) < 4.78 is -0.424. The van der Waals surface area contributed by atoms with Crippen LogP contribution in [-0.2, 0) is 0 Å². The van der Waals surface area contributed by atoms with Crippen molar-refractivity contribution in [2.75, 3.05) is 13.6 Å². The van der Waals surface area contributed by atoms with Gasteiger partial charge in [-0.3, -0.25) is 0 Å². The third-order valence-corrected chi connectivity index (χ3v) is 4.36.